The maximum Gasteiger partial charge on any atom is 0.247 e. The van der Waals surface area contributed by atoms with Gasteiger partial charge in [0.25, 0.3) is 0 Å². The fraction of sp³-hybridized carbons (Fsp3) is 0.429. The highest BCUT2D eigenvalue weighted by molar-refractivity contribution is 5.97. The Kier molecular flexibility index (Phi) is 3.97. The normalized spacial score (nSPS) is 23.4. The van der Waals surface area contributed by atoms with Crippen molar-refractivity contribution in [3.8, 4) is 0 Å². The maximum absolute atomic E-state index is 12.0. The molecule has 0 saturated carbocycles. The fourth-order valence-electron chi connectivity index (χ4n) is 2.12. The Morgan fingerprint density at radius 3 is 2.44 bits per heavy atom. The van der Waals surface area contributed by atoms with E-state index in [2.05, 4.69) is 17.6 Å². The van der Waals surface area contributed by atoms with Crippen LogP contribution in [-0.2, 0) is 9.59 Å². The maximum atomic E-state index is 12.0. The Morgan fingerprint density at radius 2 is 1.78 bits per heavy atom. The van der Waals surface area contributed by atoms with Crippen LogP contribution in [0.3, 0.4) is 0 Å². The van der Waals surface area contributed by atoms with Crippen molar-refractivity contribution >= 4 is 11.8 Å². The van der Waals surface area contributed by atoms with E-state index in [1.54, 1.807) is 0 Å². The summed E-state index contributed by atoms with van der Waals surface area (Å²) in [5, 5.41) is 5.59. The number of hydrogen-bond donors (Lipinski definition) is 2. The van der Waals surface area contributed by atoms with Crippen molar-refractivity contribution in [2.24, 2.45) is 0 Å². The fourth-order valence-corrected chi connectivity index (χ4v) is 2.12. The number of hydrogen-bond acceptors (Lipinski definition) is 2. The Morgan fingerprint density at radius 1 is 1.06 bits per heavy atom. The number of rotatable bonds is 4. The number of unbranched alkanes of at least 4 members (excludes halogenated alkanes) is 1. The van der Waals surface area contributed by atoms with Crippen LogP contribution in [0.1, 0.15) is 37.8 Å². The number of benzene rings is 1. The largest absolute Gasteiger partial charge is 0.342 e. The van der Waals surface area contributed by atoms with Crippen LogP contribution in [0.25, 0.3) is 0 Å². The van der Waals surface area contributed by atoms with E-state index in [0.29, 0.717) is 6.42 Å². The molecule has 1 fully saturated rings. The molecule has 0 bridgehead atoms. The first-order valence-electron chi connectivity index (χ1n) is 6.38. The van der Waals surface area contributed by atoms with Crippen LogP contribution in [0.15, 0.2) is 30.3 Å². The van der Waals surface area contributed by atoms with Gasteiger partial charge >= 0.3 is 0 Å². The Balaban J connectivity index is 2.06. The van der Waals surface area contributed by atoms with E-state index in [0.717, 1.165) is 18.4 Å². The molecule has 1 aromatic carbocycles. The van der Waals surface area contributed by atoms with Gasteiger partial charge in [0.15, 0.2) is 0 Å². The van der Waals surface area contributed by atoms with Crippen LogP contribution in [0.5, 0.6) is 0 Å². The van der Waals surface area contributed by atoms with E-state index in [1.165, 1.54) is 0 Å². The average Bonchev–Trinajstić information content (AvgIpc) is 2.40. The van der Waals surface area contributed by atoms with Crippen LogP contribution in [0, 0.1) is 0 Å². The molecule has 2 amide bonds. The first-order valence-corrected chi connectivity index (χ1v) is 6.38. The summed E-state index contributed by atoms with van der Waals surface area (Å²) in [4.78, 5) is 23.9. The van der Waals surface area contributed by atoms with E-state index in [1.807, 2.05) is 30.3 Å². The summed E-state index contributed by atoms with van der Waals surface area (Å²) in [6.45, 7) is 2.06. The molecule has 96 valence electrons. The quantitative estimate of drug-likeness (QED) is 0.846. The van der Waals surface area contributed by atoms with Gasteiger partial charge in [-0.3, -0.25) is 9.59 Å². The molecule has 2 atom stereocenters. The summed E-state index contributed by atoms with van der Waals surface area (Å²) in [5.74, 6) is -0.209. The standard InChI is InChI=1S/C14H18N2O2/c1-2-3-9-11-13(17)16-12(14(18)15-11)10-7-5-4-6-8-10/h4-8,11-12H,2-3,9H2,1H3,(H,15,18)(H,16,17)/t11-,12+/m0/s1. The molecular formula is C14H18N2O2. The summed E-state index contributed by atoms with van der Waals surface area (Å²) >= 11 is 0. The summed E-state index contributed by atoms with van der Waals surface area (Å²) in [6.07, 6.45) is 2.66. The third-order valence-corrected chi connectivity index (χ3v) is 3.16. The summed E-state index contributed by atoms with van der Waals surface area (Å²) < 4.78 is 0. The molecule has 18 heavy (non-hydrogen) atoms. The average molecular weight is 246 g/mol. The van der Waals surface area contributed by atoms with E-state index in [9.17, 15) is 9.59 Å². The van der Waals surface area contributed by atoms with Crippen LogP contribution in [0.2, 0.25) is 0 Å². The topological polar surface area (TPSA) is 58.2 Å². The van der Waals surface area contributed by atoms with Crippen molar-refractivity contribution in [2.75, 3.05) is 0 Å². The number of carbonyl (C=O) groups excluding carboxylic acids is 2. The predicted octanol–water partition coefficient (Wildman–Crippen LogP) is 1.53. The second-order valence-electron chi connectivity index (χ2n) is 4.56. The van der Waals surface area contributed by atoms with Gasteiger partial charge in [0.1, 0.15) is 12.1 Å². The zero-order chi connectivity index (χ0) is 13.0. The lowest BCUT2D eigenvalue weighted by Gasteiger charge is -2.29. The van der Waals surface area contributed by atoms with Crippen LogP contribution in [-0.4, -0.2) is 17.9 Å². The first kappa shape index (κ1) is 12.6. The minimum Gasteiger partial charge on any atom is -0.342 e. The minimum absolute atomic E-state index is 0.0862. The highest BCUT2D eigenvalue weighted by Gasteiger charge is 2.33. The molecule has 1 saturated heterocycles. The molecule has 0 unspecified atom stereocenters. The number of carbonyl (C=O) groups is 2. The van der Waals surface area contributed by atoms with Crippen molar-refractivity contribution in [2.45, 2.75) is 38.3 Å². The molecule has 1 aliphatic heterocycles. The van der Waals surface area contributed by atoms with Gasteiger partial charge in [0.05, 0.1) is 0 Å². The predicted molar refractivity (Wildman–Crippen MR) is 68.8 cm³/mol. The van der Waals surface area contributed by atoms with Crippen molar-refractivity contribution in [3.05, 3.63) is 35.9 Å². The molecule has 1 heterocycles. The zero-order valence-corrected chi connectivity index (χ0v) is 10.5. The smallest absolute Gasteiger partial charge is 0.247 e. The molecule has 4 nitrogen and oxygen atoms in total. The summed E-state index contributed by atoms with van der Waals surface area (Å²) in [5.41, 5.74) is 0.817. The SMILES string of the molecule is CCCC[C@@H]1NC(=O)[C@@H](c2ccccc2)NC1=O. The van der Waals surface area contributed by atoms with E-state index in [-0.39, 0.29) is 17.9 Å². The second-order valence-corrected chi connectivity index (χ2v) is 4.56. The molecule has 0 spiro atoms. The summed E-state index contributed by atoms with van der Waals surface area (Å²) in [6, 6.07) is 8.36. The molecule has 1 aromatic rings. The van der Waals surface area contributed by atoms with Crippen LogP contribution < -0.4 is 10.6 Å². The van der Waals surface area contributed by atoms with E-state index in [4.69, 9.17) is 0 Å². The van der Waals surface area contributed by atoms with Crippen LogP contribution >= 0.6 is 0 Å². The monoisotopic (exact) mass is 246 g/mol. The van der Waals surface area contributed by atoms with Gasteiger partial charge in [-0.2, -0.15) is 0 Å². The molecule has 1 aliphatic rings. The van der Waals surface area contributed by atoms with Crippen molar-refractivity contribution in [1.29, 1.82) is 0 Å². The molecule has 2 rings (SSSR count). The molecule has 4 heteroatoms. The van der Waals surface area contributed by atoms with Crippen molar-refractivity contribution in [1.82, 2.24) is 10.6 Å². The number of amides is 2. The molecular weight excluding hydrogens is 228 g/mol. The Hall–Kier alpha value is -1.84. The number of nitrogens with one attached hydrogen (secondary N) is 2. The second kappa shape index (κ2) is 5.67. The van der Waals surface area contributed by atoms with Gasteiger partial charge in [-0.1, -0.05) is 50.1 Å². The lowest BCUT2D eigenvalue weighted by Crippen LogP contribution is -2.57. The first-order chi connectivity index (χ1) is 8.72. The molecule has 2 N–H and O–H groups in total. The number of piperazine rings is 1. The van der Waals surface area contributed by atoms with Crippen molar-refractivity contribution in [3.63, 3.8) is 0 Å². The summed E-state index contributed by atoms with van der Waals surface area (Å²) in [7, 11) is 0. The van der Waals surface area contributed by atoms with E-state index < -0.39 is 6.04 Å². The van der Waals surface area contributed by atoms with Gasteiger partial charge in [-0.25, -0.2) is 0 Å². The van der Waals surface area contributed by atoms with Gasteiger partial charge < -0.3 is 10.6 Å². The third-order valence-electron chi connectivity index (χ3n) is 3.16. The molecule has 0 radical (unpaired) electrons. The highest BCUT2D eigenvalue weighted by Crippen LogP contribution is 2.17. The lowest BCUT2D eigenvalue weighted by molar-refractivity contribution is -0.137. The van der Waals surface area contributed by atoms with Gasteiger partial charge in [-0.15, -0.1) is 0 Å². The molecule has 0 aliphatic carbocycles. The third kappa shape index (κ3) is 2.70. The van der Waals surface area contributed by atoms with Crippen molar-refractivity contribution < 1.29 is 9.59 Å². The van der Waals surface area contributed by atoms with Gasteiger partial charge in [0, 0.05) is 0 Å². The highest BCUT2D eigenvalue weighted by atomic mass is 16.2. The van der Waals surface area contributed by atoms with Gasteiger partial charge in [0.2, 0.25) is 11.8 Å². The Labute approximate surface area is 107 Å². The van der Waals surface area contributed by atoms with Gasteiger partial charge in [-0.05, 0) is 12.0 Å². The van der Waals surface area contributed by atoms with Crippen LogP contribution in [0.4, 0.5) is 0 Å². The lowest BCUT2D eigenvalue weighted by atomic mass is 10.00. The molecule has 0 aromatic heterocycles. The zero-order valence-electron chi connectivity index (χ0n) is 10.5. The van der Waals surface area contributed by atoms with E-state index >= 15 is 0 Å². The minimum atomic E-state index is -0.559. The Bertz CT molecular complexity index is 431.